The first-order valence-corrected chi connectivity index (χ1v) is 12.6. The molecular formula is C27H31F2N3O2S. The lowest BCUT2D eigenvalue weighted by Gasteiger charge is -2.28. The van der Waals surface area contributed by atoms with Gasteiger partial charge in [-0.1, -0.05) is 38.1 Å². The molecule has 2 aromatic carbocycles. The van der Waals surface area contributed by atoms with Crippen molar-refractivity contribution >= 4 is 17.7 Å². The monoisotopic (exact) mass is 499 g/mol. The molecule has 3 aromatic rings. The van der Waals surface area contributed by atoms with E-state index in [1.165, 1.54) is 18.3 Å². The highest BCUT2D eigenvalue weighted by atomic mass is 32.2. The zero-order valence-electron chi connectivity index (χ0n) is 20.0. The van der Waals surface area contributed by atoms with E-state index in [4.69, 9.17) is 5.73 Å². The Morgan fingerprint density at radius 3 is 2.46 bits per heavy atom. The van der Waals surface area contributed by atoms with Gasteiger partial charge in [-0.2, -0.15) is 0 Å². The second-order valence-corrected chi connectivity index (χ2v) is 9.75. The molecule has 3 rings (SSSR count). The van der Waals surface area contributed by atoms with Crippen LogP contribution >= 0.6 is 11.8 Å². The van der Waals surface area contributed by atoms with Crippen molar-refractivity contribution < 1.29 is 18.7 Å². The number of hydrogen-bond acceptors (Lipinski definition) is 5. The summed E-state index contributed by atoms with van der Waals surface area (Å²) in [7, 11) is 0. The van der Waals surface area contributed by atoms with Crippen molar-refractivity contribution in [3.8, 4) is 0 Å². The van der Waals surface area contributed by atoms with Crippen LogP contribution in [0, 0.1) is 11.6 Å². The second-order valence-electron chi connectivity index (χ2n) is 8.41. The smallest absolute Gasteiger partial charge is 0.255 e. The SMILES string of the molecule is CCSc1cncc(C(=O)N(Cc2cccc(CC)c2)CC(O)C(N)Cc2cc(F)cc(F)c2)c1. The van der Waals surface area contributed by atoms with Crippen LogP contribution in [0.2, 0.25) is 0 Å². The summed E-state index contributed by atoms with van der Waals surface area (Å²) in [6, 6.07) is 12.1. The molecule has 8 heteroatoms. The van der Waals surface area contributed by atoms with Crippen molar-refractivity contribution in [1.29, 1.82) is 0 Å². The van der Waals surface area contributed by atoms with E-state index in [1.54, 1.807) is 28.9 Å². The van der Waals surface area contributed by atoms with Gasteiger partial charge in [0.2, 0.25) is 0 Å². The lowest BCUT2D eigenvalue weighted by Crippen LogP contribution is -2.46. The number of thioether (sulfide) groups is 1. The van der Waals surface area contributed by atoms with Gasteiger partial charge in [0.05, 0.1) is 11.7 Å². The number of aliphatic hydroxyl groups is 1. The number of nitrogens with two attached hydrogens (primary N) is 1. The summed E-state index contributed by atoms with van der Waals surface area (Å²) in [5, 5.41) is 10.9. The van der Waals surface area contributed by atoms with E-state index < -0.39 is 23.8 Å². The fraction of sp³-hybridized carbons (Fsp3) is 0.333. The van der Waals surface area contributed by atoms with Crippen LogP contribution in [0.3, 0.4) is 0 Å². The minimum Gasteiger partial charge on any atom is -0.390 e. The summed E-state index contributed by atoms with van der Waals surface area (Å²) >= 11 is 1.59. The maximum atomic E-state index is 13.6. The number of pyridine rings is 1. The summed E-state index contributed by atoms with van der Waals surface area (Å²) in [4.78, 5) is 20.1. The quantitative estimate of drug-likeness (QED) is 0.377. The number of carbonyl (C=O) groups excluding carboxylic acids is 1. The third-order valence-corrected chi connectivity index (χ3v) is 6.47. The van der Waals surface area contributed by atoms with Gasteiger partial charge in [0.1, 0.15) is 11.6 Å². The number of aromatic nitrogens is 1. The van der Waals surface area contributed by atoms with E-state index >= 15 is 0 Å². The Balaban J connectivity index is 1.82. The highest BCUT2D eigenvalue weighted by molar-refractivity contribution is 7.99. The molecule has 1 heterocycles. The number of aliphatic hydroxyl groups excluding tert-OH is 1. The van der Waals surface area contributed by atoms with Gasteiger partial charge in [-0.15, -0.1) is 11.8 Å². The Bertz CT molecular complexity index is 1120. The minimum absolute atomic E-state index is 0.0424. The van der Waals surface area contributed by atoms with Crippen LogP contribution in [-0.2, 0) is 19.4 Å². The Morgan fingerprint density at radius 2 is 1.77 bits per heavy atom. The number of amides is 1. The molecule has 186 valence electrons. The van der Waals surface area contributed by atoms with Gasteiger partial charge < -0.3 is 15.7 Å². The summed E-state index contributed by atoms with van der Waals surface area (Å²) in [5.41, 5.74) is 9.02. The zero-order chi connectivity index (χ0) is 25.4. The van der Waals surface area contributed by atoms with Crippen LogP contribution in [0.15, 0.2) is 65.8 Å². The van der Waals surface area contributed by atoms with E-state index in [1.807, 2.05) is 31.2 Å². The first-order valence-electron chi connectivity index (χ1n) is 11.6. The number of aryl methyl sites for hydroxylation is 1. The van der Waals surface area contributed by atoms with Crippen molar-refractivity contribution in [3.63, 3.8) is 0 Å². The van der Waals surface area contributed by atoms with Gasteiger partial charge in [-0.25, -0.2) is 8.78 Å². The average molecular weight is 500 g/mol. The number of nitrogens with zero attached hydrogens (tertiary/aromatic N) is 2. The Labute approximate surface area is 209 Å². The van der Waals surface area contributed by atoms with Gasteiger partial charge in [-0.05, 0) is 53.5 Å². The minimum atomic E-state index is -1.11. The fourth-order valence-corrected chi connectivity index (χ4v) is 4.53. The highest BCUT2D eigenvalue weighted by Gasteiger charge is 2.24. The molecule has 0 radical (unpaired) electrons. The van der Waals surface area contributed by atoms with Crippen molar-refractivity contribution in [2.75, 3.05) is 12.3 Å². The predicted octanol–water partition coefficient (Wildman–Crippen LogP) is 4.61. The normalized spacial score (nSPS) is 12.9. The van der Waals surface area contributed by atoms with Gasteiger partial charge in [0, 0.05) is 42.5 Å². The molecule has 0 aliphatic rings. The second kappa shape index (κ2) is 12.8. The largest absolute Gasteiger partial charge is 0.390 e. The predicted molar refractivity (Wildman–Crippen MR) is 135 cm³/mol. The lowest BCUT2D eigenvalue weighted by molar-refractivity contribution is 0.0553. The molecule has 1 aromatic heterocycles. The standard InChI is InChI=1S/C27H31F2N3O2S/c1-3-18-6-5-7-19(8-18)16-32(27(34)21-12-24(35-4-2)15-31-14-21)17-26(33)25(30)11-20-9-22(28)13-23(29)10-20/h5-10,12-15,25-26,33H,3-4,11,16-17,30H2,1-2H3. The van der Waals surface area contributed by atoms with Crippen LogP contribution in [0.5, 0.6) is 0 Å². The molecule has 1 amide bonds. The van der Waals surface area contributed by atoms with E-state index in [-0.39, 0.29) is 25.4 Å². The third kappa shape index (κ3) is 7.85. The molecule has 0 fully saturated rings. The lowest BCUT2D eigenvalue weighted by atomic mass is 10.0. The molecule has 5 nitrogen and oxygen atoms in total. The van der Waals surface area contributed by atoms with E-state index in [2.05, 4.69) is 11.9 Å². The Kier molecular flexibility index (Phi) is 9.77. The number of carbonyl (C=O) groups is 1. The maximum absolute atomic E-state index is 13.6. The van der Waals surface area contributed by atoms with Gasteiger partial charge in [0.25, 0.3) is 5.91 Å². The molecular weight excluding hydrogens is 468 g/mol. The van der Waals surface area contributed by atoms with Gasteiger partial charge >= 0.3 is 0 Å². The van der Waals surface area contributed by atoms with Crippen molar-refractivity contribution in [2.24, 2.45) is 5.73 Å². The van der Waals surface area contributed by atoms with E-state index in [0.717, 1.165) is 34.3 Å². The number of halogens is 2. The van der Waals surface area contributed by atoms with Crippen LogP contribution in [0.4, 0.5) is 8.78 Å². The van der Waals surface area contributed by atoms with Gasteiger partial charge in [-0.3, -0.25) is 9.78 Å². The number of hydrogen-bond donors (Lipinski definition) is 2. The molecule has 35 heavy (non-hydrogen) atoms. The third-order valence-electron chi connectivity index (χ3n) is 5.63. The molecule has 0 spiro atoms. The summed E-state index contributed by atoms with van der Waals surface area (Å²) in [5.74, 6) is -0.833. The maximum Gasteiger partial charge on any atom is 0.255 e. The number of benzene rings is 2. The summed E-state index contributed by atoms with van der Waals surface area (Å²) < 4.78 is 27.1. The van der Waals surface area contributed by atoms with Crippen molar-refractivity contribution in [2.45, 2.75) is 50.3 Å². The zero-order valence-corrected chi connectivity index (χ0v) is 20.8. The fourth-order valence-electron chi connectivity index (χ4n) is 3.85. The topological polar surface area (TPSA) is 79.5 Å². The average Bonchev–Trinajstić information content (AvgIpc) is 2.83. The molecule has 0 bridgehead atoms. The van der Waals surface area contributed by atoms with E-state index in [9.17, 15) is 18.7 Å². The molecule has 0 aliphatic carbocycles. The van der Waals surface area contributed by atoms with Crippen molar-refractivity contribution in [3.05, 3.63) is 94.8 Å². The Hall–Kier alpha value is -2.81. The molecule has 0 aliphatic heterocycles. The van der Waals surface area contributed by atoms with Gasteiger partial charge in [0.15, 0.2) is 0 Å². The van der Waals surface area contributed by atoms with E-state index in [0.29, 0.717) is 11.1 Å². The van der Waals surface area contributed by atoms with Crippen LogP contribution < -0.4 is 5.73 Å². The van der Waals surface area contributed by atoms with Crippen LogP contribution in [0.1, 0.15) is 40.9 Å². The number of rotatable bonds is 11. The first-order chi connectivity index (χ1) is 16.8. The summed E-state index contributed by atoms with van der Waals surface area (Å²) in [6.07, 6.45) is 3.04. The molecule has 0 saturated carbocycles. The van der Waals surface area contributed by atoms with Crippen LogP contribution in [-0.4, -0.2) is 45.3 Å². The molecule has 3 N–H and O–H groups in total. The van der Waals surface area contributed by atoms with Crippen LogP contribution in [0.25, 0.3) is 0 Å². The molecule has 0 saturated heterocycles. The highest BCUT2D eigenvalue weighted by Crippen LogP contribution is 2.20. The summed E-state index contributed by atoms with van der Waals surface area (Å²) in [6.45, 7) is 4.31. The molecule has 2 atom stereocenters. The molecule has 2 unspecified atom stereocenters. The van der Waals surface area contributed by atoms with Crippen molar-refractivity contribution in [1.82, 2.24) is 9.88 Å². The first kappa shape index (κ1) is 26.8. The Morgan fingerprint density at radius 1 is 1.06 bits per heavy atom.